The molecule has 29 nitrogen and oxygen atoms in total. The molecule has 3 aliphatic heterocycles. The normalized spacial score (nSPS) is 31.4. The van der Waals surface area contributed by atoms with Gasteiger partial charge < -0.3 is 73.7 Å². The van der Waals surface area contributed by atoms with Crippen LogP contribution in [0.3, 0.4) is 0 Å². The SMILES string of the molecule is COC1C(O)[C@H](N2CN(C)c3c2nc(N)[nH]c3=O)O[C@@H]1COP(=O)([O-])OP(=O)([O-])OP(=O)([O-])OP(=O)([O-])OC[C@H]1O[C@@H](n2ccc(=O)[nH]c2=O)C(O)[C@H]1O. The summed E-state index contributed by atoms with van der Waals surface area (Å²) < 4.78 is 84.9. The molecule has 3 aliphatic rings. The van der Waals surface area contributed by atoms with Crippen LogP contribution in [0.25, 0.3) is 0 Å². The topological polar surface area (TPSA) is 428 Å². The third kappa shape index (κ3) is 9.45. The molecule has 33 heteroatoms. The lowest BCUT2D eigenvalue weighted by Gasteiger charge is -2.36. The van der Waals surface area contributed by atoms with Crippen molar-refractivity contribution in [2.24, 2.45) is 0 Å². The average molecular weight is 855 g/mol. The van der Waals surface area contributed by atoms with Crippen LogP contribution in [0.5, 0.6) is 0 Å². The number of nitrogens with one attached hydrogen (secondary N) is 2. The summed E-state index contributed by atoms with van der Waals surface area (Å²) in [7, 11) is -22.9. The van der Waals surface area contributed by atoms with Crippen LogP contribution < -0.4 is 51.9 Å². The zero-order valence-corrected chi connectivity index (χ0v) is 30.7. The summed E-state index contributed by atoms with van der Waals surface area (Å²) in [5, 5.41) is 31.3. The molecule has 2 saturated heterocycles. The van der Waals surface area contributed by atoms with Gasteiger partial charge in [-0.3, -0.25) is 42.4 Å². The summed E-state index contributed by atoms with van der Waals surface area (Å²) in [5.41, 5.74) is 3.13. The maximum absolute atomic E-state index is 12.4. The summed E-state index contributed by atoms with van der Waals surface area (Å²) in [6.45, 7) is -2.53. The molecule has 5 heterocycles. The fraction of sp³-hybridized carbons (Fsp3) is 0.619. The van der Waals surface area contributed by atoms with Gasteiger partial charge in [0.15, 0.2) is 18.3 Å². The number of nitrogen functional groups attached to an aromatic ring is 1. The lowest BCUT2D eigenvalue weighted by atomic mass is 10.1. The van der Waals surface area contributed by atoms with Gasteiger partial charge in [0.25, 0.3) is 42.4 Å². The van der Waals surface area contributed by atoms with Crippen molar-refractivity contribution in [2.45, 2.75) is 49.1 Å². The van der Waals surface area contributed by atoms with Crippen molar-refractivity contribution in [1.82, 2.24) is 19.5 Å². The smallest absolute Gasteiger partial charge is 0.330 e. The van der Waals surface area contributed by atoms with Gasteiger partial charge in [-0.25, -0.2) is 17.7 Å². The van der Waals surface area contributed by atoms with E-state index < -0.39 is 110 Å². The number of fused-ring (bicyclic) bond motifs is 1. The van der Waals surface area contributed by atoms with E-state index in [0.29, 0.717) is 4.57 Å². The summed E-state index contributed by atoms with van der Waals surface area (Å²) in [6, 6.07) is 0.853. The monoisotopic (exact) mass is 855 g/mol. The Morgan fingerprint density at radius 3 is 2.00 bits per heavy atom. The van der Waals surface area contributed by atoms with Gasteiger partial charge in [-0.2, -0.15) is 4.98 Å². The van der Waals surface area contributed by atoms with Gasteiger partial charge in [-0.05, 0) is 0 Å². The number of aromatic nitrogens is 4. The number of aliphatic hydroxyl groups excluding tert-OH is 3. The van der Waals surface area contributed by atoms with Gasteiger partial charge in [0, 0.05) is 26.4 Å². The molecule has 0 spiro atoms. The predicted molar refractivity (Wildman–Crippen MR) is 163 cm³/mol. The van der Waals surface area contributed by atoms with Crippen LogP contribution in [-0.2, 0) is 54.5 Å². The number of nitrogens with two attached hydrogens (primary N) is 1. The Balaban J connectivity index is 1.15. The third-order valence-corrected chi connectivity index (χ3v) is 13.4. The zero-order chi connectivity index (χ0) is 40.1. The van der Waals surface area contributed by atoms with Crippen LogP contribution in [0.1, 0.15) is 6.23 Å². The highest BCUT2D eigenvalue weighted by atomic mass is 31.3. The molecule has 5 rings (SSSR count). The van der Waals surface area contributed by atoms with Crippen molar-refractivity contribution in [3.63, 3.8) is 0 Å². The molecule has 0 radical (unpaired) electrons. The van der Waals surface area contributed by atoms with Crippen LogP contribution in [-0.4, -0.2) is 112 Å². The molecule has 2 aromatic heterocycles. The summed E-state index contributed by atoms with van der Waals surface area (Å²) >= 11 is 0. The first kappa shape index (κ1) is 42.4. The summed E-state index contributed by atoms with van der Waals surface area (Å²) in [6.07, 6.45) is -12.3. The average Bonchev–Trinajstić information content (AvgIpc) is 3.62. The first-order valence-corrected chi connectivity index (χ1v) is 20.5. The van der Waals surface area contributed by atoms with E-state index in [1.807, 2.05) is 4.98 Å². The minimum absolute atomic E-state index is 0.0173. The fourth-order valence-electron chi connectivity index (χ4n) is 5.48. The molecule has 0 amide bonds. The molecule has 0 saturated carbocycles. The van der Waals surface area contributed by atoms with Crippen LogP contribution in [0.4, 0.5) is 17.5 Å². The number of phosphoric ester groups is 2. The highest BCUT2D eigenvalue weighted by Gasteiger charge is 2.50. The number of H-pyrrole nitrogens is 2. The standard InChI is InChI=1S/C21H33N7O22P4/c1-26-7-28(16-11(26)17(33)25-20(22)24-16)19-14(32)15(43-2)9(47-19)6-45-52(37,38)49-54(41,42)50-53(39,40)48-51(35,36)44-5-8-12(30)13(31)18(46-8)27-4-3-10(29)23-21(27)34/h3-4,8-9,12-15,18-19,30-32H,5-7H2,1-2H3,(H,35,36)(H,37,38)(H,39,40)(H,41,42)(H,23,29,34)(H3,22,24,25,33)/p-4/t8-,9-,12+,13?,14?,15?,18-,19-/m1/s1. The van der Waals surface area contributed by atoms with Crippen LogP contribution >= 0.6 is 31.3 Å². The maximum Gasteiger partial charge on any atom is 0.330 e. The lowest BCUT2D eigenvalue weighted by Crippen LogP contribution is -2.46. The number of rotatable bonds is 15. The number of methoxy groups -OCH3 is 1. The number of anilines is 3. The number of phosphoric acid groups is 4. The molecule has 304 valence electrons. The number of ether oxygens (including phenoxy) is 3. The van der Waals surface area contributed by atoms with Crippen molar-refractivity contribution in [1.29, 1.82) is 0 Å². The van der Waals surface area contributed by atoms with Gasteiger partial charge in [0.1, 0.15) is 42.3 Å². The Hall–Kier alpha value is -2.72. The summed E-state index contributed by atoms with van der Waals surface area (Å²) in [4.78, 5) is 95.3. The number of nitrogens with zero attached hydrogens (tertiary/aromatic N) is 4. The van der Waals surface area contributed by atoms with Crippen molar-refractivity contribution < 1.29 is 89.3 Å². The van der Waals surface area contributed by atoms with E-state index in [2.05, 4.69) is 31.9 Å². The Bertz CT molecular complexity index is 2100. The number of hydrogen-bond donors (Lipinski definition) is 6. The summed E-state index contributed by atoms with van der Waals surface area (Å²) in [5.74, 6) is -0.295. The first-order valence-electron chi connectivity index (χ1n) is 14.7. The van der Waals surface area contributed by atoms with Gasteiger partial charge in [-0.15, -0.1) is 0 Å². The van der Waals surface area contributed by atoms with Crippen LogP contribution in [0, 0.1) is 0 Å². The molecule has 12 atom stereocenters. The Morgan fingerprint density at radius 2 is 1.43 bits per heavy atom. The first-order chi connectivity index (χ1) is 24.9. The Kier molecular flexibility index (Phi) is 12.3. The van der Waals surface area contributed by atoms with E-state index in [4.69, 9.17) is 19.9 Å². The third-order valence-electron chi connectivity index (χ3n) is 7.66. The second-order valence-corrected chi connectivity index (χ2v) is 17.4. The zero-order valence-electron chi connectivity index (χ0n) is 27.1. The van der Waals surface area contributed by atoms with Crippen LogP contribution in [0.15, 0.2) is 26.6 Å². The highest BCUT2D eigenvalue weighted by molar-refractivity contribution is 7.68. The van der Waals surface area contributed by atoms with E-state index in [0.717, 1.165) is 19.4 Å². The Labute approximate surface area is 299 Å². The Morgan fingerprint density at radius 1 is 0.870 bits per heavy atom. The van der Waals surface area contributed by atoms with Gasteiger partial charge in [0.2, 0.25) is 5.95 Å². The number of aromatic amines is 2. The molecular formula is C21H29N7O22P4-4. The fourth-order valence-corrected chi connectivity index (χ4v) is 10.2. The highest BCUT2D eigenvalue weighted by Crippen LogP contribution is 2.67. The second-order valence-electron chi connectivity index (χ2n) is 11.4. The molecule has 0 bridgehead atoms. The maximum atomic E-state index is 12.4. The van der Waals surface area contributed by atoms with E-state index >= 15 is 0 Å². The van der Waals surface area contributed by atoms with E-state index in [1.54, 1.807) is 0 Å². The van der Waals surface area contributed by atoms with E-state index in [9.17, 15) is 67.5 Å². The largest absolute Gasteiger partial charge is 0.756 e. The van der Waals surface area contributed by atoms with Gasteiger partial charge >= 0.3 is 5.69 Å². The minimum atomic E-state index is -6.63. The minimum Gasteiger partial charge on any atom is -0.756 e. The van der Waals surface area contributed by atoms with Crippen molar-refractivity contribution >= 4 is 48.7 Å². The van der Waals surface area contributed by atoms with Crippen LogP contribution in [0.2, 0.25) is 0 Å². The number of hydrogen-bond acceptors (Lipinski definition) is 26. The molecule has 2 aromatic rings. The van der Waals surface area contributed by atoms with Crippen molar-refractivity contribution in [3.05, 3.63) is 43.5 Å². The molecule has 2 fully saturated rings. The predicted octanol–water partition coefficient (Wildman–Crippen LogP) is -6.21. The van der Waals surface area contributed by atoms with Crippen molar-refractivity contribution in [2.75, 3.05) is 49.6 Å². The van der Waals surface area contributed by atoms with Gasteiger partial charge in [0.05, 0.1) is 19.9 Å². The molecule has 7 unspecified atom stereocenters. The molecule has 0 aromatic carbocycles. The number of aliphatic hydroxyl groups is 3. The van der Waals surface area contributed by atoms with E-state index in [-0.39, 0.29) is 24.1 Å². The lowest BCUT2D eigenvalue weighted by molar-refractivity contribution is -0.255. The quantitative estimate of drug-likeness (QED) is 0.0908. The molecular weight excluding hydrogens is 826 g/mol. The molecule has 7 N–H and O–H groups in total. The van der Waals surface area contributed by atoms with Gasteiger partial charge in [-0.1, -0.05) is 0 Å². The van der Waals surface area contributed by atoms with E-state index in [1.165, 1.54) is 16.8 Å². The molecule has 0 aliphatic carbocycles. The molecule has 54 heavy (non-hydrogen) atoms. The van der Waals surface area contributed by atoms with Crippen molar-refractivity contribution in [3.8, 4) is 0 Å². The second kappa shape index (κ2) is 15.7.